The normalized spacial score (nSPS) is 23.4. The number of fused-ring (bicyclic) bond motifs is 3. The van der Waals surface area contributed by atoms with Gasteiger partial charge in [-0.25, -0.2) is 9.97 Å². The average molecular weight is 403 g/mol. The van der Waals surface area contributed by atoms with Gasteiger partial charge >= 0.3 is 0 Å². The third-order valence-electron chi connectivity index (χ3n) is 6.13. The maximum Gasteiger partial charge on any atom is 0.156 e. The van der Waals surface area contributed by atoms with Gasteiger partial charge in [0.05, 0.1) is 11.6 Å². The lowest BCUT2D eigenvalue weighted by Gasteiger charge is -2.39. The van der Waals surface area contributed by atoms with Crippen molar-refractivity contribution in [2.24, 2.45) is 0 Å². The number of hydrogen-bond donors (Lipinski definition) is 3. The van der Waals surface area contributed by atoms with Crippen LogP contribution >= 0.6 is 0 Å². The number of hydrogen-bond acceptors (Lipinski definition) is 8. The van der Waals surface area contributed by atoms with Gasteiger partial charge in [0.25, 0.3) is 0 Å². The largest absolute Gasteiger partial charge is 0.365 e. The molecule has 5 rings (SSSR count). The highest BCUT2D eigenvalue weighted by molar-refractivity contribution is 5.88. The van der Waals surface area contributed by atoms with Crippen LogP contribution in [0.4, 0.5) is 17.5 Å². The zero-order chi connectivity index (χ0) is 20.5. The lowest BCUT2D eigenvalue weighted by atomic mass is 9.97. The zero-order valence-corrected chi connectivity index (χ0v) is 17.0. The minimum absolute atomic E-state index is 0.335. The number of rotatable bonds is 6. The molecule has 3 atom stereocenters. The second-order valence-electron chi connectivity index (χ2n) is 8.18. The Morgan fingerprint density at radius 3 is 2.70 bits per heavy atom. The van der Waals surface area contributed by atoms with Gasteiger partial charge in [0.1, 0.15) is 11.3 Å². The molecule has 0 spiro atoms. The molecule has 3 aromatic heterocycles. The molecule has 154 valence electrons. The molecule has 3 aromatic rings. The molecule has 9 nitrogen and oxygen atoms in total. The minimum atomic E-state index is 0.335. The van der Waals surface area contributed by atoms with Gasteiger partial charge in [0.2, 0.25) is 0 Å². The van der Waals surface area contributed by atoms with Crippen LogP contribution in [0, 0.1) is 18.3 Å². The first-order valence-electron chi connectivity index (χ1n) is 10.5. The van der Waals surface area contributed by atoms with Gasteiger partial charge in [-0.3, -0.25) is 15.0 Å². The Labute approximate surface area is 174 Å². The summed E-state index contributed by atoms with van der Waals surface area (Å²) < 4.78 is 0. The standard InChI is InChI=1S/C21H25N9/c1-13-9-19(29-28-13)26-18-12-17-20(24-7-6-23-17)21(27-18)25-14-10-15-3-4-16(11-14)30(15)8-2-5-22/h6-7,9,12,14-16H,2-4,8,10-11H2,1H3,(H3,25,26,27,28,29)/t14-,15-,16+. The quantitative estimate of drug-likeness (QED) is 0.574. The van der Waals surface area contributed by atoms with Gasteiger partial charge in [-0.15, -0.1) is 0 Å². The highest BCUT2D eigenvalue weighted by atomic mass is 15.2. The molecule has 2 bridgehead atoms. The van der Waals surface area contributed by atoms with E-state index in [0.717, 1.165) is 47.7 Å². The van der Waals surface area contributed by atoms with Crippen LogP contribution in [0.5, 0.6) is 0 Å². The van der Waals surface area contributed by atoms with Crippen LogP contribution in [0.3, 0.4) is 0 Å². The van der Waals surface area contributed by atoms with E-state index in [0.29, 0.717) is 30.4 Å². The molecule has 0 aromatic carbocycles. The zero-order valence-electron chi connectivity index (χ0n) is 17.0. The van der Waals surface area contributed by atoms with Crippen molar-refractivity contribution < 1.29 is 0 Å². The molecule has 0 unspecified atom stereocenters. The average Bonchev–Trinajstić information content (AvgIpc) is 3.25. The van der Waals surface area contributed by atoms with Gasteiger partial charge in [-0.05, 0) is 32.6 Å². The predicted molar refractivity (Wildman–Crippen MR) is 114 cm³/mol. The monoisotopic (exact) mass is 403 g/mol. The highest BCUT2D eigenvalue weighted by Gasteiger charge is 2.40. The van der Waals surface area contributed by atoms with Crippen molar-refractivity contribution in [2.45, 2.75) is 57.2 Å². The number of nitrogens with zero attached hydrogens (tertiary/aromatic N) is 6. The van der Waals surface area contributed by atoms with Crippen LogP contribution < -0.4 is 10.6 Å². The molecule has 2 aliphatic rings. The van der Waals surface area contributed by atoms with Crippen LogP contribution in [-0.2, 0) is 0 Å². The van der Waals surface area contributed by atoms with Crippen LogP contribution in [-0.4, -0.2) is 54.7 Å². The Balaban J connectivity index is 1.38. The van der Waals surface area contributed by atoms with E-state index in [4.69, 9.17) is 10.2 Å². The van der Waals surface area contributed by atoms with Gasteiger partial charge in [-0.2, -0.15) is 10.4 Å². The van der Waals surface area contributed by atoms with Gasteiger partial charge < -0.3 is 10.6 Å². The van der Waals surface area contributed by atoms with Gasteiger partial charge in [0.15, 0.2) is 11.6 Å². The number of pyridine rings is 1. The minimum Gasteiger partial charge on any atom is -0.365 e. The fourth-order valence-electron chi connectivity index (χ4n) is 4.88. The maximum absolute atomic E-state index is 8.95. The van der Waals surface area contributed by atoms with Crippen LogP contribution in [0.15, 0.2) is 24.5 Å². The van der Waals surface area contributed by atoms with Crippen molar-refractivity contribution in [1.82, 2.24) is 30.0 Å². The van der Waals surface area contributed by atoms with E-state index in [-0.39, 0.29) is 0 Å². The van der Waals surface area contributed by atoms with E-state index >= 15 is 0 Å². The van der Waals surface area contributed by atoms with Crippen molar-refractivity contribution >= 4 is 28.5 Å². The molecule has 5 heterocycles. The number of aryl methyl sites for hydroxylation is 1. The van der Waals surface area contributed by atoms with Crippen LogP contribution in [0.25, 0.3) is 11.0 Å². The topological polar surface area (TPSA) is 118 Å². The fraction of sp³-hybridized carbons (Fsp3) is 0.476. The third kappa shape index (κ3) is 3.66. The van der Waals surface area contributed by atoms with Gasteiger partial charge in [0, 0.05) is 61.3 Å². The Bertz CT molecular complexity index is 1070. The molecule has 2 fully saturated rings. The number of nitriles is 1. The van der Waals surface area contributed by atoms with E-state index in [1.165, 1.54) is 12.8 Å². The maximum atomic E-state index is 8.95. The Kier molecular flexibility index (Phi) is 4.93. The highest BCUT2D eigenvalue weighted by Crippen LogP contribution is 2.37. The number of H-pyrrole nitrogens is 1. The van der Waals surface area contributed by atoms with Crippen molar-refractivity contribution in [3.8, 4) is 6.07 Å². The van der Waals surface area contributed by atoms with Crippen LogP contribution in [0.1, 0.15) is 37.8 Å². The third-order valence-corrected chi connectivity index (χ3v) is 6.13. The Morgan fingerprint density at radius 2 is 1.97 bits per heavy atom. The summed E-state index contributed by atoms with van der Waals surface area (Å²) in [6.45, 7) is 2.84. The molecule has 0 radical (unpaired) electrons. The molecule has 0 aliphatic carbocycles. The fourth-order valence-corrected chi connectivity index (χ4v) is 4.88. The molecule has 30 heavy (non-hydrogen) atoms. The molecular weight excluding hydrogens is 378 g/mol. The first kappa shape index (κ1) is 18.8. The first-order chi connectivity index (χ1) is 14.7. The molecule has 2 saturated heterocycles. The number of aromatic amines is 1. The SMILES string of the molecule is Cc1cc(Nc2cc3nccnc3c(N[C@@H]3C[C@H]4CC[C@@H](C3)N4CCC#N)n2)n[nH]1. The van der Waals surface area contributed by atoms with Crippen LogP contribution in [0.2, 0.25) is 0 Å². The summed E-state index contributed by atoms with van der Waals surface area (Å²) in [6.07, 6.45) is 8.54. The van der Waals surface area contributed by atoms with E-state index in [2.05, 4.69) is 41.8 Å². The Hall–Kier alpha value is -3.25. The van der Waals surface area contributed by atoms with Gasteiger partial charge in [-0.1, -0.05) is 0 Å². The van der Waals surface area contributed by atoms with E-state index in [1.807, 2.05) is 19.1 Å². The second-order valence-corrected chi connectivity index (χ2v) is 8.18. The molecular formula is C21H25N9. The lowest BCUT2D eigenvalue weighted by Crippen LogP contribution is -2.47. The molecule has 2 aliphatic heterocycles. The molecule has 9 heteroatoms. The number of anilines is 3. The second kappa shape index (κ2) is 7.88. The molecule has 0 saturated carbocycles. The summed E-state index contributed by atoms with van der Waals surface area (Å²) >= 11 is 0. The predicted octanol–water partition coefficient (Wildman–Crippen LogP) is 3.12. The molecule has 0 amide bonds. The van der Waals surface area contributed by atoms with Crippen molar-refractivity contribution in [1.29, 1.82) is 5.26 Å². The van der Waals surface area contributed by atoms with E-state index < -0.39 is 0 Å². The molecule has 3 N–H and O–H groups in total. The Morgan fingerprint density at radius 1 is 1.17 bits per heavy atom. The number of nitrogens with one attached hydrogen (secondary N) is 3. The van der Waals surface area contributed by atoms with Crippen molar-refractivity contribution in [3.05, 3.63) is 30.2 Å². The van der Waals surface area contributed by atoms with E-state index in [1.54, 1.807) is 12.4 Å². The summed E-state index contributed by atoms with van der Waals surface area (Å²) in [7, 11) is 0. The van der Waals surface area contributed by atoms with Crippen molar-refractivity contribution in [3.63, 3.8) is 0 Å². The first-order valence-corrected chi connectivity index (χ1v) is 10.5. The number of aromatic nitrogens is 5. The lowest BCUT2D eigenvalue weighted by molar-refractivity contribution is 0.136. The smallest absolute Gasteiger partial charge is 0.156 e. The van der Waals surface area contributed by atoms with E-state index in [9.17, 15) is 0 Å². The summed E-state index contributed by atoms with van der Waals surface area (Å²) in [6, 6.07) is 7.53. The number of piperidine rings is 1. The summed E-state index contributed by atoms with van der Waals surface area (Å²) in [5.74, 6) is 2.16. The van der Waals surface area contributed by atoms with Crippen molar-refractivity contribution in [2.75, 3.05) is 17.2 Å². The summed E-state index contributed by atoms with van der Waals surface area (Å²) in [5, 5.41) is 23.0. The summed E-state index contributed by atoms with van der Waals surface area (Å²) in [4.78, 5) is 16.3. The summed E-state index contributed by atoms with van der Waals surface area (Å²) in [5.41, 5.74) is 2.55.